The fraction of sp³-hybridized carbons (Fsp3) is 0.562. The van der Waals surface area contributed by atoms with Crippen molar-refractivity contribution in [2.45, 2.75) is 19.3 Å². The second kappa shape index (κ2) is 7.90. The molecule has 2 rings (SSSR count). The molecule has 0 bridgehead atoms. The summed E-state index contributed by atoms with van der Waals surface area (Å²) in [5.41, 5.74) is 0. The molecular formula is C16H23NO3. The van der Waals surface area contributed by atoms with Crippen LogP contribution in [0.25, 0.3) is 0 Å². The Morgan fingerprint density at radius 2 is 2.15 bits per heavy atom. The van der Waals surface area contributed by atoms with Crippen molar-refractivity contribution in [3.8, 4) is 5.75 Å². The summed E-state index contributed by atoms with van der Waals surface area (Å²) in [5, 5.41) is 0. The van der Waals surface area contributed by atoms with E-state index < -0.39 is 0 Å². The maximum absolute atomic E-state index is 11.6. The lowest BCUT2D eigenvalue weighted by Gasteiger charge is -2.31. The summed E-state index contributed by atoms with van der Waals surface area (Å²) in [4.78, 5) is 13.9. The highest BCUT2D eigenvalue weighted by molar-refractivity contribution is 5.72. The third-order valence-electron chi connectivity index (χ3n) is 3.67. The summed E-state index contributed by atoms with van der Waals surface area (Å²) in [5.74, 6) is 0.887. The molecule has 0 unspecified atom stereocenters. The van der Waals surface area contributed by atoms with Crippen molar-refractivity contribution in [3.63, 3.8) is 0 Å². The Kier molecular flexibility index (Phi) is 5.87. The van der Waals surface area contributed by atoms with Gasteiger partial charge in [-0.2, -0.15) is 0 Å². The molecular weight excluding hydrogens is 254 g/mol. The fourth-order valence-corrected chi connectivity index (χ4v) is 2.61. The smallest absolute Gasteiger partial charge is 0.309 e. The Labute approximate surface area is 120 Å². The largest absolute Gasteiger partial charge is 0.494 e. The zero-order chi connectivity index (χ0) is 14.2. The molecule has 1 aliphatic rings. The first-order chi connectivity index (χ1) is 9.79. The Balaban J connectivity index is 1.65. The lowest BCUT2D eigenvalue weighted by molar-refractivity contribution is -0.147. The van der Waals surface area contributed by atoms with E-state index in [0.717, 1.165) is 44.6 Å². The third-order valence-corrected chi connectivity index (χ3v) is 3.67. The van der Waals surface area contributed by atoms with Gasteiger partial charge in [-0.15, -0.1) is 0 Å². The van der Waals surface area contributed by atoms with Crippen molar-refractivity contribution >= 4 is 5.97 Å². The molecule has 0 spiro atoms. The van der Waals surface area contributed by atoms with Crippen LogP contribution in [-0.2, 0) is 9.53 Å². The predicted octanol–water partition coefficient (Wildman–Crippen LogP) is 2.34. The number of methoxy groups -OCH3 is 1. The van der Waals surface area contributed by atoms with Gasteiger partial charge in [0.25, 0.3) is 0 Å². The molecule has 4 nitrogen and oxygen atoms in total. The number of rotatable bonds is 6. The number of hydrogen-bond donors (Lipinski definition) is 0. The normalized spacial score (nSPS) is 19.6. The summed E-state index contributed by atoms with van der Waals surface area (Å²) < 4.78 is 10.5. The van der Waals surface area contributed by atoms with Crippen LogP contribution >= 0.6 is 0 Å². The van der Waals surface area contributed by atoms with Gasteiger partial charge < -0.3 is 14.4 Å². The Morgan fingerprint density at radius 3 is 2.90 bits per heavy atom. The van der Waals surface area contributed by atoms with Gasteiger partial charge in [0.2, 0.25) is 0 Å². The molecule has 0 N–H and O–H groups in total. The topological polar surface area (TPSA) is 38.8 Å². The summed E-state index contributed by atoms with van der Waals surface area (Å²) in [6.45, 7) is 3.57. The zero-order valence-electron chi connectivity index (χ0n) is 12.1. The number of ether oxygens (including phenoxy) is 2. The Bertz CT molecular complexity index is 407. The van der Waals surface area contributed by atoms with Crippen LogP contribution in [0.1, 0.15) is 19.3 Å². The van der Waals surface area contributed by atoms with Crippen molar-refractivity contribution in [2.75, 3.05) is 33.4 Å². The van der Waals surface area contributed by atoms with Gasteiger partial charge in [0.05, 0.1) is 19.6 Å². The molecule has 1 aromatic rings. The number of likely N-dealkylation sites (tertiary alicyclic amines) is 1. The first-order valence-corrected chi connectivity index (χ1v) is 7.27. The molecule has 0 amide bonds. The van der Waals surface area contributed by atoms with Gasteiger partial charge in [-0.1, -0.05) is 18.2 Å². The molecule has 1 aliphatic heterocycles. The van der Waals surface area contributed by atoms with Gasteiger partial charge in [-0.25, -0.2) is 0 Å². The van der Waals surface area contributed by atoms with Gasteiger partial charge >= 0.3 is 5.97 Å². The first kappa shape index (κ1) is 14.9. The van der Waals surface area contributed by atoms with Crippen molar-refractivity contribution in [1.29, 1.82) is 0 Å². The average molecular weight is 277 g/mol. The number of benzene rings is 1. The number of nitrogens with zero attached hydrogens (tertiary/aromatic N) is 1. The van der Waals surface area contributed by atoms with Crippen LogP contribution in [0.5, 0.6) is 5.75 Å². The second-order valence-electron chi connectivity index (χ2n) is 5.18. The molecule has 20 heavy (non-hydrogen) atoms. The predicted molar refractivity (Wildman–Crippen MR) is 77.7 cm³/mol. The van der Waals surface area contributed by atoms with Crippen LogP contribution in [0, 0.1) is 5.92 Å². The van der Waals surface area contributed by atoms with Crippen LogP contribution in [0.3, 0.4) is 0 Å². The second-order valence-corrected chi connectivity index (χ2v) is 5.18. The molecule has 1 saturated heterocycles. The standard InChI is InChI=1S/C16H23NO3/c1-19-16(18)14-7-5-10-17(13-14)11-6-12-20-15-8-3-2-4-9-15/h2-4,8-9,14H,5-7,10-13H2,1H3/t14-/m0/s1. The van der Waals surface area contributed by atoms with E-state index >= 15 is 0 Å². The molecule has 1 aromatic carbocycles. The van der Waals surface area contributed by atoms with Crippen LogP contribution in [0.2, 0.25) is 0 Å². The minimum Gasteiger partial charge on any atom is -0.494 e. The lowest BCUT2D eigenvalue weighted by atomic mass is 9.98. The van der Waals surface area contributed by atoms with E-state index in [-0.39, 0.29) is 11.9 Å². The van der Waals surface area contributed by atoms with Gasteiger partial charge in [0.1, 0.15) is 5.75 Å². The average Bonchev–Trinajstić information content (AvgIpc) is 2.52. The molecule has 1 fully saturated rings. The number of carbonyl (C=O) groups excluding carboxylic acids is 1. The number of para-hydroxylation sites is 1. The third kappa shape index (κ3) is 4.53. The quantitative estimate of drug-likeness (QED) is 0.591. The molecule has 0 aliphatic carbocycles. The molecule has 0 radical (unpaired) electrons. The van der Waals surface area contributed by atoms with Crippen molar-refractivity contribution < 1.29 is 14.3 Å². The molecule has 0 aromatic heterocycles. The SMILES string of the molecule is COC(=O)[C@H]1CCCN(CCCOc2ccccc2)C1. The van der Waals surface area contributed by atoms with Crippen LogP contribution in [0.15, 0.2) is 30.3 Å². The minimum absolute atomic E-state index is 0.0452. The van der Waals surface area contributed by atoms with Crippen molar-refractivity contribution in [2.24, 2.45) is 5.92 Å². The monoisotopic (exact) mass is 277 g/mol. The molecule has 1 heterocycles. The number of hydrogen-bond acceptors (Lipinski definition) is 4. The van der Waals surface area contributed by atoms with Crippen LogP contribution in [0.4, 0.5) is 0 Å². The summed E-state index contributed by atoms with van der Waals surface area (Å²) in [6, 6.07) is 9.86. The highest BCUT2D eigenvalue weighted by Crippen LogP contribution is 2.18. The number of carbonyl (C=O) groups is 1. The van der Waals surface area contributed by atoms with Crippen molar-refractivity contribution in [3.05, 3.63) is 30.3 Å². The van der Waals surface area contributed by atoms with E-state index in [2.05, 4.69) is 4.90 Å². The highest BCUT2D eigenvalue weighted by Gasteiger charge is 2.25. The molecule has 110 valence electrons. The fourth-order valence-electron chi connectivity index (χ4n) is 2.61. The summed E-state index contributed by atoms with van der Waals surface area (Å²) >= 11 is 0. The van der Waals surface area contributed by atoms with Gasteiger partial charge in [0, 0.05) is 13.1 Å². The highest BCUT2D eigenvalue weighted by atomic mass is 16.5. The zero-order valence-corrected chi connectivity index (χ0v) is 12.1. The minimum atomic E-state index is -0.0739. The Morgan fingerprint density at radius 1 is 1.35 bits per heavy atom. The molecule has 1 atom stereocenters. The van der Waals surface area contributed by atoms with E-state index in [4.69, 9.17) is 9.47 Å². The number of esters is 1. The molecule has 0 saturated carbocycles. The first-order valence-electron chi connectivity index (χ1n) is 7.27. The molecule has 4 heteroatoms. The van der Waals surface area contributed by atoms with E-state index in [1.54, 1.807) is 0 Å². The summed E-state index contributed by atoms with van der Waals surface area (Å²) in [7, 11) is 1.47. The van der Waals surface area contributed by atoms with Gasteiger partial charge in [0.15, 0.2) is 0 Å². The Hall–Kier alpha value is -1.55. The number of piperidine rings is 1. The van der Waals surface area contributed by atoms with Crippen LogP contribution < -0.4 is 4.74 Å². The van der Waals surface area contributed by atoms with Gasteiger partial charge in [-0.3, -0.25) is 4.79 Å². The van der Waals surface area contributed by atoms with E-state index in [1.807, 2.05) is 30.3 Å². The van der Waals surface area contributed by atoms with Crippen LogP contribution in [-0.4, -0.2) is 44.2 Å². The maximum atomic E-state index is 11.6. The van der Waals surface area contributed by atoms with E-state index in [9.17, 15) is 4.79 Å². The maximum Gasteiger partial charge on any atom is 0.309 e. The van der Waals surface area contributed by atoms with Gasteiger partial charge in [-0.05, 0) is 37.9 Å². The lowest BCUT2D eigenvalue weighted by Crippen LogP contribution is -2.39. The van der Waals surface area contributed by atoms with E-state index in [0.29, 0.717) is 6.61 Å². The van der Waals surface area contributed by atoms with Crippen molar-refractivity contribution in [1.82, 2.24) is 4.90 Å². The summed E-state index contributed by atoms with van der Waals surface area (Å²) in [6.07, 6.45) is 2.99. The van der Waals surface area contributed by atoms with E-state index in [1.165, 1.54) is 7.11 Å².